The van der Waals surface area contributed by atoms with Gasteiger partial charge in [0.25, 0.3) is 0 Å². The highest BCUT2D eigenvalue weighted by Gasteiger charge is 2.08. The summed E-state index contributed by atoms with van der Waals surface area (Å²) in [6.45, 7) is 0.478. The summed E-state index contributed by atoms with van der Waals surface area (Å²) in [5.74, 6) is 0.519. The van der Waals surface area contributed by atoms with Crippen molar-refractivity contribution in [2.45, 2.75) is 6.42 Å². The third-order valence-corrected chi connectivity index (χ3v) is 3.18. The van der Waals surface area contributed by atoms with E-state index in [0.717, 1.165) is 21.1 Å². The number of halogens is 1. The van der Waals surface area contributed by atoms with Crippen LogP contribution >= 0.6 is 15.9 Å². The summed E-state index contributed by atoms with van der Waals surface area (Å²) in [6.07, 6.45) is 2.32. The van der Waals surface area contributed by atoms with Crippen molar-refractivity contribution >= 4 is 38.5 Å². The Bertz CT molecular complexity index is 742. The topological polar surface area (TPSA) is 89.9 Å². The van der Waals surface area contributed by atoms with Crippen molar-refractivity contribution in [3.8, 4) is 0 Å². The number of nitrogens with one attached hydrogen (secondary N) is 1. The molecular formula is C13H12BrN5O. The van der Waals surface area contributed by atoms with Crippen molar-refractivity contribution in [3.63, 3.8) is 0 Å². The van der Waals surface area contributed by atoms with Crippen LogP contribution in [0, 0.1) is 0 Å². The lowest BCUT2D eigenvalue weighted by Gasteiger charge is -2.05. The lowest BCUT2D eigenvalue weighted by molar-refractivity contribution is 0.510. The number of hydrogen-bond donors (Lipinski definition) is 2. The number of nitrogens with zero attached hydrogens (tertiary/aromatic N) is 3. The SMILES string of the molecule is NCCc1nnc(Nc2cccc3cc(Br)cnc23)o1. The van der Waals surface area contributed by atoms with E-state index in [0.29, 0.717) is 24.9 Å². The van der Waals surface area contributed by atoms with Gasteiger partial charge in [-0.2, -0.15) is 0 Å². The quantitative estimate of drug-likeness (QED) is 0.762. The smallest absolute Gasteiger partial charge is 0.320 e. The molecule has 0 aliphatic rings. The highest BCUT2D eigenvalue weighted by molar-refractivity contribution is 9.10. The molecule has 1 aromatic carbocycles. The zero-order chi connectivity index (χ0) is 13.9. The summed E-state index contributed by atoms with van der Waals surface area (Å²) in [5, 5.41) is 11.9. The third-order valence-electron chi connectivity index (χ3n) is 2.74. The van der Waals surface area contributed by atoms with E-state index in [9.17, 15) is 0 Å². The molecule has 0 amide bonds. The standard InChI is InChI=1S/C13H12BrN5O/c14-9-6-8-2-1-3-10(12(8)16-7-9)17-13-19-18-11(20-13)4-5-15/h1-3,6-7H,4-5,15H2,(H,17,19). The molecule has 2 heterocycles. The molecule has 0 spiro atoms. The van der Waals surface area contributed by atoms with Crippen LogP contribution in [-0.4, -0.2) is 21.7 Å². The fourth-order valence-electron chi connectivity index (χ4n) is 1.88. The van der Waals surface area contributed by atoms with Gasteiger partial charge in [-0.05, 0) is 28.1 Å². The Labute approximate surface area is 123 Å². The van der Waals surface area contributed by atoms with Crippen LogP contribution in [0.15, 0.2) is 39.4 Å². The normalized spacial score (nSPS) is 10.9. The maximum Gasteiger partial charge on any atom is 0.320 e. The Morgan fingerprint density at radius 2 is 2.20 bits per heavy atom. The van der Waals surface area contributed by atoms with Crippen molar-refractivity contribution in [2.24, 2.45) is 5.73 Å². The third kappa shape index (κ3) is 2.63. The minimum absolute atomic E-state index is 0.339. The first-order valence-corrected chi connectivity index (χ1v) is 6.89. The Kier molecular flexibility index (Phi) is 3.62. The average Bonchev–Trinajstić information content (AvgIpc) is 2.86. The second-order valence-corrected chi connectivity index (χ2v) is 5.11. The summed E-state index contributed by atoms with van der Waals surface area (Å²) < 4.78 is 6.39. The molecule has 102 valence electrons. The van der Waals surface area contributed by atoms with Crippen molar-refractivity contribution in [2.75, 3.05) is 11.9 Å². The van der Waals surface area contributed by atoms with Crippen LogP contribution in [0.3, 0.4) is 0 Å². The van der Waals surface area contributed by atoms with Gasteiger partial charge in [0, 0.05) is 29.0 Å². The largest absolute Gasteiger partial charge is 0.408 e. The molecule has 0 atom stereocenters. The molecule has 3 N–H and O–H groups in total. The molecule has 0 aliphatic heterocycles. The molecule has 3 rings (SSSR count). The molecule has 0 aliphatic carbocycles. The second-order valence-electron chi connectivity index (χ2n) is 4.20. The lowest BCUT2D eigenvalue weighted by Crippen LogP contribution is -2.02. The number of fused-ring (bicyclic) bond motifs is 1. The van der Waals surface area contributed by atoms with Gasteiger partial charge >= 0.3 is 6.01 Å². The molecular weight excluding hydrogens is 322 g/mol. The first-order chi connectivity index (χ1) is 9.76. The van der Waals surface area contributed by atoms with Crippen LogP contribution in [0.5, 0.6) is 0 Å². The summed E-state index contributed by atoms with van der Waals surface area (Å²) >= 11 is 3.41. The van der Waals surface area contributed by atoms with Gasteiger partial charge in [-0.3, -0.25) is 4.98 Å². The molecule has 0 radical (unpaired) electrons. The van der Waals surface area contributed by atoms with E-state index in [-0.39, 0.29) is 0 Å². The number of rotatable bonds is 4. The molecule has 20 heavy (non-hydrogen) atoms. The summed E-state index contributed by atoms with van der Waals surface area (Å²) in [6, 6.07) is 8.18. The molecule has 6 nitrogen and oxygen atoms in total. The maximum absolute atomic E-state index is 5.45. The monoisotopic (exact) mass is 333 g/mol. The average molecular weight is 334 g/mol. The van der Waals surface area contributed by atoms with E-state index < -0.39 is 0 Å². The van der Waals surface area contributed by atoms with Gasteiger partial charge in [-0.1, -0.05) is 17.2 Å². The van der Waals surface area contributed by atoms with Gasteiger partial charge in [0.15, 0.2) is 0 Å². The Hall–Kier alpha value is -1.99. The lowest BCUT2D eigenvalue weighted by atomic mass is 10.2. The number of nitrogens with two attached hydrogens (primary N) is 1. The van der Waals surface area contributed by atoms with Gasteiger partial charge in [-0.15, -0.1) is 5.10 Å². The molecule has 0 unspecified atom stereocenters. The van der Waals surface area contributed by atoms with Gasteiger partial charge in [0.05, 0.1) is 11.2 Å². The number of hydrogen-bond acceptors (Lipinski definition) is 6. The number of anilines is 2. The fraction of sp³-hybridized carbons (Fsp3) is 0.154. The molecule has 0 fully saturated rings. The Balaban J connectivity index is 1.93. The number of para-hydroxylation sites is 1. The minimum Gasteiger partial charge on any atom is -0.408 e. The second kappa shape index (κ2) is 5.56. The van der Waals surface area contributed by atoms with Gasteiger partial charge in [-0.25, -0.2) is 0 Å². The van der Waals surface area contributed by atoms with Gasteiger partial charge in [0.2, 0.25) is 5.89 Å². The molecule has 0 saturated carbocycles. The van der Waals surface area contributed by atoms with E-state index in [4.69, 9.17) is 10.2 Å². The zero-order valence-corrected chi connectivity index (χ0v) is 12.1. The molecule has 7 heteroatoms. The van der Waals surface area contributed by atoms with Crippen LogP contribution in [0.25, 0.3) is 10.9 Å². The number of benzene rings is 1. The molecule has 0 saturated heterocycles. The molecule has 2 aromatic heterocycles. The van der Waals surface area contributed by atoms with Crippen molar-refractivity contribution < 1.29 is 4.42 Å². The summed E-state index contributed by atoms with van der Waals surface area (Å²) in [5.41, 5.74) is 7.11. The molecule has 3 aromatic rings. The van der Waals surface area contributed by atoms with E-state index in [2.05, 4.69) is 36.4 Å². The summed E-state index contributed by atoms with van der Waals surface area (Å²) in [4.78, 5) is 4.40. The number of pyridine rings is 1. The highest BCUT2D eigenvalue weighted by atomic mass is 79.9. The van der Waals surface area contributed by atoms with Crippen LogP contribution in [0.1, 0.15) is 5.89 Å². The Morgan fingerprint density at radius 3 is 3.05 bits per heavy atom. The summed E-state index contributed by atoms with van der Waals surface area (Å²) in [7, 11) is 0. The highest BCUT2D eigenvalue weighted by Crippen LogP contribution is 2.26. The van der Waals surface area contributed by atoms with Crippen molar-refractivity contribution in [1.82, 2.24) is 15.2 Å². The maximum atomic E-state index is 5.45. The van der Waals surface area contributed by atoms with E-state index in [1.807, 2.05) is 24.3 Å². The van der Waals surface area contributed by atoms with E-state index in [1.54, 1.807) is 6.20 Å². The van der Waals surface area contributed by atoms with E-state index >= 15 is 0 Å². The minimum atomic E-state index is 0.339. The van der Waals surface area contributed by atoms with Crippen LogP contribution < -0.4 is 11.1 Å². The predicted molar refractivity (Wildman–Crippen MR) is 79.8 cm³/mol. The predicted octanol–water partition coefficient (Wildman–Crippen LogP) is 2.63. The van der Waals surface area contributed by atoms with E-state index in [1.165, 1.54) is 0 Å². The van der Waals surface area contributed by atoms with Gasteiger partial charge in [0.1, 0.15) is 0 Å². The van der Waals surface area contributed by atoms with Crippen molar-refractivity contribution in [1.29, 1.82) is 0 Å². The van der Waals surface area contributed by atoms with Crippen LogP contribution in [0.2, 0.25) is 0 Å². The van der Waals surface area contributed by atoms with Crippen LogP contribution in [-0.2, 0) is 6.42 Å². The van der Waals surface area contributed by atoms with Crippen molar-refractivity contribution in [3.05, 3.63) is 40.8 Å². The van der Waals surface area contributed by atoms with Crippen LogP contribution in [0.4, 0.5) is 11.7 Å². The Morgan fingerprint density at radius 1 is 1.30 bits per heavy atom. The number of aromatic nitrogens is 3. The molecule has 0 bridgehead atoms. The fourth-order valence-corrected chi connectivity index (χ4v) is 2.23. The zero-order valence-electron chi connectivity index (χ0n) is 10.5. The first kappa shape index (κ1) is 13.0. The van der Waals surface area contributed by atoms with Gasteiger partial charge < -0.3 is 15.5 Å². The first-order valence-electron chi connectivity index (χ1n) is 6.10.